The Balaban J connectivity index is 2.60. The number of aromatic nitrogens is 2. The van der Waals surface area contributed by atoms with Crippen LogP contribution in [-0.2, 0) is 12.8 Å². The molecule has 64 valence electrons. The molecule has 4 nitrogen and oxygen atoms in total. The maximum Gasteiger partial charge on any atom is 0.347 e. The van der Waals surface area contributed by atoms with Crippen LogP contribution in [0.4, 0.5) is 5.82 Å². The number of aryl methyl sites for hydroxylation is 1. The summed E-state index contributed by atoms with van der Waals surface area (Å²) in [5.74, 6) is 0.411. The second kappa shape index (κ2) is 2.62. The molecule has 2 rings (SSSR count). The molecule has 0 radical (unpaired) electrons. The summed E-state index contributed by atoms with van der Waals surface area (Å²) >= 11 is 0. The first-order valence-electron chi connectivity index (χ1n) is 4.15. The van der Waals surface area contributed by atoms with Gasteiger partial charge in [-0.25, -0.2) is 4.79 Å². The van der Waals surface area contributed by atoms with E-state index in [0.29, 0.717) is 5.82 Å². The van der Waals surface area contributed by atoms with Crippen LogP contribution in [0.3, 0.4) is 0 Å². The normalized spacial score (nSPS) is 15.7. The number of H-pyrrole nitrogens is 1. The molecule has 3 N–H and O–H groups in total. The van der Waals surface area contributed by atoms with Gasteiger partial charge in [0.2, 0.25) is 0 Å². The van der Waals surface area contributed by atoms with E-state index >= 15 is 0 Å². The Morgan fingerprint density at radius 2 is 2.08 bits per heavy atom. The molecule has 0 bridgehead atoms. The van der Waals surface area contributed by atoms with Crippen molar-refractivity contribution in [2.45, 2.75) is 25.7 Å². The molecular weight excluding hydrogens is 154 g/mol. The molecule has 12 heavy (non-hydrogen) atoms. The average molecular weight is 165 g/mol. The number of fused-ring (bicyclic) bond motifs is 1. The van der Waals surface area contributed by atoms with E-state index in [4.69, 9.17) is 5.73 Å². The van der Waals surface area contributed by atoms with Crippen molar-refractivity contribution in [2.24, 2.45) is 0 Å². The van der Waals surface area contributed by atoms with Gasteiger partial charge in [0.15, 0.2) is 0 Å². The first-order valence-corrected chi connectivity index (χ1v) is 4.15. The number of hydrogen-bond acceptors (Lipinski definition) is 3. The molecule has 0 aromatic carbocycles. The molecule has 4 heteroatoms. The number of rotatable bonds is 0. The van der Waals surface area contributed by atoms with Gasteiger partial charge < -0.3 is 10.7 Å². The van der Waals surface area contributed by atoms with E-state index in [1.807, 2.05) is 0 Å². The van der Waals surface area contributed by atoms with Crippen molar-refractivity contribution in [3.8, 4) is 0 Å². The summed E-state index contributed by atoms with van der Waals surface area (Å²) < 4.78 is 0. The highest BCUT2D eigenvalue weighted by molar-refractivity contribution is 5.42. The van der Waals surface area contributed by atoms with Crippen LogP contribution in [0.15, 0.2) is 4.79 Å². The van der Waals surface area contributed by atoms with Crippen molar-refractivity contribution in [1.29, 1.82) is 0 Å². The van der Waals surface area contributed by atoms with Gasteiger partial charge in [0.25, 0.3) is 0 Å². The third kappa shape index (κ3) is 1.09. The summed E-state index contributed by atoms with van der Waals surface area (Å²) in [5, 5.41) is 0. The molecule has 0 saturated carbocycles. The van der Waals surface area contributed by atoms with E-state index in [9.17, 15) is 4.79 Å². The molecule has 1 heterocycles. The van der Waals surface area contributed by atoms with Crippen molar-refractivity contribution in [3.05, 3.63) is 21.7 Å². The van der Waals surface area contributed by atoms with Crippen molar-refractivity contribution in [2.75, 3.05) is 5.73 Å². The van der Waals surface area contributed by atoms with Crippen LogP contribution >= 0.6 is 0 Å². The molecule has 1 aromatic rings. The first kappa shape index (κ1) is 7.34. The van der Waals surface area contributed by atoms with E-state index in [0.717, 1.165) is 36.9 Å². The molecule has 0 unspecified atom stereocenters. The van der Waals surface area contributed by atoms with E-state index in [2.05, 4.69) is 9.97 Å². The van der Waals surface area contributed by atoms with Gasteiger partial charge >= 0.3 is 5.69 Å². The number of nitrogen functional groups attached to an aromatic ring is 1. The highest BCUT2D eigenvalue weighted by Crippen LogP contribution is 2.20. The lowest BCUT2D eigenvalue weighted by atomic mass is 9.97. The summed E-state index contributed by atoms with van der Waals surface area (Å²) in [6.07, 6.45) is 4.15. The molecule has 0 amide bonds. The standard InChI is InChI=1S/C8H11N3O/c9-7-5-3-1-2-4-6(5)10-8(12)11-7/h1-4H2,(H3,9,10,11,12). The van der Waals surface area contributed by atoms with Crippen LogP contribution in [0, 0.1) is 0 Å². The molecular formula is C8H11N3O. The number of hydrogen-bond donors (Lipinski definition) is 2. The summed E-state index contributed by atoms with van der Waals surface area (Å²) in [4.78, 5) is 17.3. The summed E-state index contributed by atoms with van der Waals surface area (Å²) in [6, 6.07) is 0. The summed E-state index contributed by atoms with van der Waals surface area (Å²) in [7, 11) is 0. The zero-order valence-electron chi connectivity index (χ0n) is 6.76. The monoisotopic (exact) mass is 165 g/mol. The third-order valence-electron chi connectivity index (χ3n) is 2.26. The Labute approximate surface area is 69.8 Å². The molecule has 0 saturated heterocycles. The molecule has 1 aliphatic carbocycles. The lowest BCUT2D eigenvalue weighted by molar-refractivity contribution is 0.660. The van der Waals surface area contributed by atoms with Gasteiger partial charge in [-0.2, -0.15) is 4.98 Å². The number of nitrogens with one attached hydrogen (secondary N) is 1. The van der Waals surface area contributed by atoms with Crippen molar-refractivity contribution in [1.82, 2.24) is 9.97 Å². The van der Waals surface area contributed by atoms with Crippen LogP contribution in [0.1, 0.15) is 24.1 Å². The predicted molar refractivity (Wildman–Crippen MR) is 45.9 cm³/mol. The molecule has 0 atom stereocenters. The van der Waals surface area contributed by atoms with Gasteiger partial charge in [0.05, 0.1) is 0 Å². The third-order valence-corrected chi connectivity index (χ3v) is 2.26. The Morgan fingerprint density at radius 1 is 1.33 bits per heavy atom. The highest BCUT2D eigenvalue weighted by Gasteiger charge is 2.13. The van der Waals surface area contributed by atoms with Gasteiger partial charge in [-0.1, -0.05) is 0 Å². The van der Waals surface area contributed by atoms with Gasteiger partial charge in [-0.3, -0.25) is 0 Å². The number of nitrogens with two attached hydrogens (primary N) is 1. The van der Waals surface area contributed by atoms with Gasteiger partial charge in [0, 0.05) is 11.3 Å². The zero-order valence-corrected chi connectivity index (χ0v) is 6.76. The van der Waals surface area contributed by atoms with Gasteiger partial charge in [0.1, 0.15) is 5.82 Å². The minimum Gasteiger partial charge on any atom is -0.383 e. The first-order chi connectivity index (χ1) is 5.77. The van der Waals surface area contributed by atoms with E-state index in [-0.39, 0.29) is 5.69 Å². The highest BCUT2D eigenvalue weighted by atomic mass is 16.1. The fourth-order valence-electron chi connectivity index (χ4n) is 1.66. The van der Waals surface area contributed by atoms with Crippen molar-refractivity contribution in [3.63, 3.8) is 0 Å². The van der Waals surface area contributed by atoms with Crippen molar-refractivity contribution >= 4 is 5.82 Å². The fraction of sp³-hybridized carbons (Fsp3) is 0.500. The van der Waals surface area contributed by atoms with Crippen molar-refractivity contribution < 1.29 is 0 Å². The van der Waals surface area contributed by atoms with Crippen LogP contribution in [0.5, 0.6) is 0 Å². The number of nitrogens with zero attached hydrogens (tertiary/aromatic N) is 1. The molecule has 0 fully saturated rings. The quantitative estimate of drug-likeness (QED) is 0.578. The average Bonchev–Trinajstić information content (AvgIpc) is 2.04. The number of aromatic amines is 1. The Morgan fingerprint density at radius 3 is 2.92 bits per heavy atom. The van der Waals surface area contributed by atoms with E-state index < -0.39 is 0 Å². The lowest BCUT2D eigenvalue weighted by Gasteiger charge is -2.15. The van der Waals surface area contributed by atoms with Gasteiger partial charge in [-0.15, -0.1) is 0 Å². The van der Waals surface area contributed by atoms with Crippen LogP contribution in [-0.4, -0.2) is 9.97 Å². The largest absolute Gasteiger partial charge is 0.383 e. The minimum absolute atomic E-state index is 0.326. The Hall–Kier alpha value is -1.32. The van der Waals surface area contributed by atoms with E-state index in [1.165, 1.54) is 0 Å². The summed E-state index contributed by atoms with van der Waals surface area (Å²) in [6.45, 7) is 0. The minimum atomic E-state index is -0.326. The number of anilines is 1. The Kier molecular flexibility index (Phi) is 1.60. The SMILES string of the molecule is Nc1nc(=O)[nH]c2c1CCCC2. The maximum absolute atomic E-state index is 10.9. The molecule has 1 aromatic heterocycles. The Bertz CT molecular complexity index is 356. The molecule has 1 aliphatic rings. The lowest BCUT2D eigenvalue weighted by Crippen LogP contribution is -2.20. The molecule has 0 spiro atoms. The van der Waals surface area contributed by atoms with E-state index in [1.54, 1.807) is 0 Å². The van der Waals surface area contributed by atoms with Gasteiger partial charge in [-0.05, 0) is 25.7 Å². The topological polar surface area (TPSA) is 71.8 Å². The van der Waals surface area contributed by atoms with Crippen LogP contribution < -0.4 is 11.4 Å². The maximum atomic E-state index is 10.9. The smallest absolute Gasteiger partial charge is 0.347 e. The van der Waals surface area contributed by atoms with Crippen LogP contribution in [0.25, 0.3) is 0 Å². The van der Waals surface area contributed by atoms with Crippen LogP contribution in [0.2, 0.25) is 0 Å². The predicted octanol–water partition coefficient (Wildman–Crippen LogP) is 0.231. The second-order valence-corrected chi connectivity index (χ2v) is 3.09. The zero-order chi connectivity index (χ0) is 8.55. The summed E-state index contributed by atoms with van der Waals surface area (Å²) in [5.41, 5.74) is 7.31. The second-order valence-electron chi connectivity index (χ2n) is 3.09. The molecule has 0 aliphatic heterocycles. The fourth-order valence-corrected chi connectivity index (χ4v) is 1.66.